The van der Waals surface area contributed by atoms with Crippen molar-refractivity contribution in [3.63, 3.8) is 0 Å². The van der Waals surface area contributed by atoms with Crippen LogP contribution in [0.1, 0.15) is 40.3 Å². The zero-order chi connectivity index (χ0) is 15.6. The van der Waals surface area contributed by atoms with Crippen LogP contribution in [0.3, 0.4) is 0 Å². The quantitative estimate of drug-likeness (QED) is 0.885. The number of anilines is 1. The fourth-order valence-electron chi connectivity index (χ4n) is 2.99. The van der Waals surface area contributed by atoms with Crippen LogP contribution in [-0.2, 0) is 24.3 Å². The second-order valence-corrected chi connectivity index (χ2v) is 6.67. The minimum atomic E-state index is -0.177. The topological polar surface area (TPSA) is 83.1 Å². The molecule has 4 heterocycles. The summed E-state index contributed by atoms with van der Waals surface area (Å²) in [5.41, 5.74) is 3.22. The van der Waals surface area contributed by atoms with E-state index in [4.69, 9.17) is 4.74 Å². The number of thiazole rings is 1. The van der Waals surface area contributed by atoms with Gasteiger partial charge >= 0.3 is 0 Å². The molecule has 2 aromatic rings. The minimum Gasteiger partial charge on any atom is -0.376 e. The van der Waals surface area contributed by atoms with Crippen molar-refractivity contribution in [2.75, 3.05) is 24.6 Å². The number of hydrogen-bond donors (Lipinski definition) is 2. The molecule has 1 fully saturated rings. The van der Waals surface area contributed by atoms with Gasteiger partial charge in [0.05, 0.1) is 25.5 Å². The molecule has 0 radical (unpaired) electrons. The van der Waals surface area contributed by atoms with Crippen LogP contribution in [0.2, 0.25) is 0 Å². The van der Waals surface area contributed by atoms with Crippen LogP contribution in [0, 0.1) is 0 Å². The maximum Gasteiger partial charge on any atom is 0.272 e. The lowest BCUT2D eigenvalue weighted by atomic mass is 10.1. The molecule has 0 unspecified atom stereocenters. The van der Waals surface area contributed by atoms with Gasteiger partial charge in [0.2, 0.25) is 0 Å². The van der Waals surface area contributed by atoms with Crippen molar-refractivity contribution in [2.24, 2.45) is 0 Å². The third kappa shape index (κ3) is 2.96. The van der Waals surface area contributed by atoms with Gasteiger partial charge in [0.15, 0.2) is 10.8 Å². The third-order valence-corrected chi connectivity index (χ3v) is 5.21. The Morgan fingerprint density at radius 2 is 2.30 bits per heavy atom. The van der Waals surface area contributed by atoms with Crippen molar-refractivity contribution in [3.05, 3.63) is 28.0 Å². The first-order chi connectivity index (χ1) is 11.3. The van der Waals surface area contributed by atoms with E-state index in [2.05, 4.69) is 25.4 Å². The van der Waals surface area contributed by atoms with Crippen LogP contribution >= 0.6 is 11.3 Å². The zero-order valence-electron chi connectivity index (χ0n) is 12.8. The molecule has 2 aliphatic heterocycles. The summed E-state index contributed by atoms with van der Waals surface area (Å²) in [6.07, 6.45) is 3.25. The standard InChI is InChI=1S/C15H19N5O2S/c21-14(13-11-8-22-6-3-12(11)18-19-13)16-7-10-9-23-15(17-10)20-4-1-2-5-20/h9H,1-8H2,(H,16,21)(H,18,19). The second kappa shape index (κ2) is 6.29. The van der Waals surface area contributed by atoms with Crippen LogP contribution < -0.4 is 10.2 Å². The van der Waals surface area contributed by atoms with E-state index in [1.165, 1.54) is 12.8 Å². The van der Waals surface area contributed by atoms with Crippen LogP contribution in [0.5, 0.6) is 0 Å². The highest BCUT2D eigenvalue weighted by molar-refractivity contribution is 7.13. The number of aromatic amines is 1. The highest BCUT2D eigenvalue weighted by Gasteiger charge is 2.22. The zero-order valence-corrected chi connectivity index (χ0v) is 13.6. The van der Waals surface area contributed by atoms with E-state index in [1.54, 1.807) is 11.3 Å². The molecule has 8 heteroatoms. The molecular weight excluding hydrogens is 314 g/mol. The predicted molar refractivity (Wildman–Crippen MR) is 86.7 cm³/mol. The van der Waals surface area contributed by atoms with Gasteiger partial charge in [-0.25, -0.2) is 4.98 Å². The van der Waals surface area contributed by atoms with E-state index in [0.29, 0.717) is 25.5 Å². The lowest BCUT2D eigenvalue weighted by molar-refractivity contribution is 0.0922. The number of nitrogens with zero attached hydrogens (tertiary/aromatic N) is 3. The second-order valence-electron chi connectivity index (χ2n) is 5.83. The Bertz CT molecular complexity index is 705. The number of ether oxygens (including phenoxy) is 1. The third-order valence-electron chi connectivity index (χ3n) is 4.26. The Morgan fingerprint density at radius 3 is 3.17 bits per heavy atom. The molecule has 2 N–H and O–H groups in total. The fourth-order valence-corrected chi connectivity index (χ4v) is 3.86. The molecule has 122 valence electrons. The fraction of sp³-hybridized carbons (Fsp3) is 0.533. The number of hydrogen-bond acceptors (Lipinski definition) is 6. The van der Waals surface area contributed by atoms with Gasteiger partial charge in [-0.05, 0) is 12.8 Å². The van der Waals surface area contributed by atoms with E-state index >= 15 is 0 Å². The summed E-state index contributed by atoms with van der Waals surface area (Å²) in [5, 5.41) is 13.0. The Hall–Kier alpha value is -1.93. The number of fused-ring (bicyclic) bond motifs is 1. The molecule has 7 nitrogen and oxygen atoms in total. The normalized spacial score (nSPS) is 17.3. The predicted octanol–water partition coefficient (Wildman–Crippen LogP) is 1.47. The SMILES string of the molecule is O=C(NCc1csc(N2CCCC2)n1)c1n[nH]c2c1COCC2. The number of aromatic nitrogens is 3. The summed E-state index contributed by atoms with van der Waals surface area (Å²) in [7, 11) is 0. The Morgan fingerprint density at radius 1 is 1.43 bits per heavy atom. The van der Waals surface area contributed by atoms with Gasteiger partial charge in [0.25, 0.3) is 5.91 Å². The Balaban J connectivity index is 1.39. The number of carbonyl (C=O) groups excluding carboxylic acids is 1. The molecule has 0 atom stereocenters. The monoisotopic (exact) mass is 333 g/mol. The summed E-state index contributed by atoms with van der Waals surface area (Å²) in [6, 6.07) is 0. The van der Waals surface area contributed by atoms with E-state index < -0.39 is 0 Å². The maximum atomic E-state index is 12.3. The van der Waals surface area contributed by atoms with Crippen molar-refractivity contribution in [3.8, 4) is 0 Å². The molecule has 1 saturated heterocycles. The van der Waals surface area contributed by atoms with E-state index in [9.17, 15) is 4.79 Å². The molecule has 0 bridgehead atoms. The van der Waals surface area contributed by atoms with Gasteiger partial charge in [-0.2, -0.15) is 5.10 Å². The number of carbonyl (C=O) groups is 1. The first kappa shape index (κ1) is 14.6. The summed E-state index contributed by atoms with van der Waals surface area (Å²) in [6.45, 7) is 3.71. The average Bonchev–Trinajstić information content (AvgIpc) is 3.31. The highest BCUT2D eigenvalue weighted by Crippen LogP contribution is 2.24. The molecule has 23 heavy (non-hydrogen) atoms. The number of nitrogens with one attached hydrogen (secondary N) is 2. The highest BCUT2D eigenvalue weighted by atomic mass is 32.1. The van der Waals surface area contributed by atoms with Gasteiger partial charge in [0.1, 0.15) is 0 Å². The lowest BCUT2D eigenvalue weighted by Gasteiger charge is -2.12. The molecule has 0 saturated carbocycles. The first-order valence-corrected chi connectivity index (χ1v) is 8.80. The van der Waals surface area contributed by atoms with E-state index in [0.717, 1.165) is 41.6 Å². The first-order valence-electron chi connectivity index (χ1n) is 7.92. The van der Waals surface area contributed by atoms with Gasteiger partial charge in [-0.3, -0.25) is 9.89 Å². The van der Waals surface area contributed by atoms with Gasteiger partial charge in [0, 0.05) is 36.1 Å². The minimum absolute atomic E-state index is 0.177. The van der Waals surface area contributed by atoms with E-state index in [1.807, 2.05) is 5.38 Å². The molecule has 0 aliphatic carbocycles. The van der Waals surface area contributed by atoms with Crippen molar-refractivity contribution in [2.45, 2.75) is 32.4 Å². The molecule has 4 rings (SSSR count). The van der Waals surface area contributed by atoms with Crippen LogP contribution in [0.15, 0.2) is 5.38 Å². The maximum absolute atomic E-state index is 12.3. The summed E-state index contributed by atoms with van der Waals surface area (Å²) < 4.78 is 5.41. The molecule has 2 aliphatic rings. The van der Waals surface area contributed by atoms with Gasteiger partial charge < -0.3 is 15.0 Å². The number of rotatable bonds is 4. The van der Waals surface area contributed by atoms with E-state index in [-0.39, 0.29) is 5.91 Å². The van der Waals surface area contributed by atoms with Crippen LogP contribution in [-0.4, -0.2) is 40.8 Å². The largest absolute Gasteiger partial charge is 0.376 e. The van der Waals surface area contributed by atoms with Crippen LogP contribution in [0.4, 0.5) is 5.13 Å². The smallest absolute Gasteiger partial charge is 0.272 e. The molecule has 0 spiro atoms. The van der Waals surface area contributed by atoms with Crippen molar-refractivity contribution >= 4 is 22.4 Å². The number of H-pyrrole nitrogens is 1. The summed E-state index contributed by atoms with van der Waals surface area (Å²) in [4.78, 5) is 19.2. The molecule has 1 amide bonds. The molecule has 0 aromatic carbocycles. The van der Waals surface area contributed by atoms with Crippen molar-refractivity contribution in [1.82, 2.24) is 20.5 Å². The number of amides is 1. The van der Waals surface area contributed by atoms with Crippen molar-refractivity contribution in [1.29, 1.82) is 0 Å². The van der Waals surface area contributed by atoms with Gasteiger partial charge in [-0.1, -0.05) is 0 Å². The Labute approximate surface area is 138 Å². The van der Waals surface area contributed by atoms with Gasteiger partial charge in [-0.15, -0.1) is 11.3 Å². The summed E-state index contributed by atoms with van der Waals surface area (Å²) >= 11 is 1.64. The van der Waals surface area contributed by atoms with Crippen molar-refractivity contribution < 1.29 is 9.53 Å². The summed E-state index contributed by atoms with van der Waals surface area (Å²) in [5.74, 6) is -0.177. The van der Waals surface area contributed by atoms with Crippen LogP contribution in [0.25, 0.3) is 0 Å². The lowest BCUT2D eigenvalue weighted by Crippen LogP contribution is -2.25. The molecular formula is C15H19N5O2S. The Kier molecular flexibility index (Phi) is 4.00. The average molecular weight is 333 g/mol. The molecule has 2 aromatic heterocycles.